The van der Waals surface area contributed by atoms with Crippen molar-refractivity contribution in [3.05, 3.63) is 60.2 Å². The van der Waals surface area contributed by atoms with Gasteiger partial charge in [0.1, 0.15) is 18.0 Å². The van der Waals surface area contributed by atoms with E-state index in [1.807, 2.05) is 60.8 Å². The maximum Gasteiger partial charge on any atom is 0.145 e. The number of ether oxygens (including phenoxy) is 2. The van der Waals surface area contributed by atoms with Crippen molar-refractivity contribution < 1.29 is 9.47 Å². The van der Waals surface area contributed by atoms with E-state index in [-0.39, 0.29) is 0 Å². The van der Waals surface area contributed by atoms with Gasteiger partial charge in [0.15, 0.2) is 0 Å². The number of methoxy groups -OCH3 is 1. The summed E-state index contributed by atoms with van der Waals surface area (Å²) in [4.78, 5) is 4.46. The molecule has 98 valence electrons. The second-order valence-electron chi connectivity index (χ2n) is 3.98. The van der Waals surface area contributed by atoms with Crippen molar-refractivity contribution in [2.24, 2.45) is 4.99 Å². The molecule has 2 rings (SSSR count). The molecule has 0 saturated heterocycles. The SMILES string of the molecule is COCCOc1ccccc1N=Cc1ccccc1. The summed E-state index contributed by atoms with van der Waals surface area (Å²) in [7, 11) is 1.66. The van der Waals surface area contributed by atoms with Crippen molar-refractivity contribution in [3.8, 4) is 5.75 Å². The number of hydrogen-bond acceptors (Lipinski definition) is 3. The Kier molecular flexibility index (Phi) is 5.14. The van der Waals surface area contributed by atoms with Crippen molar-refractivity contribution in [1.82, 2.24) is 0 Å². The first-order valence-electron chi connectivity index (χ1n) is 6.20. The molecule has 0 heterocycles. The minimum atomic E-state index is 0.522. The van der Waals surface area contributed by atoms with Crippen LogP contribution in [0, 0.1) is 0 Å². The molecule has 0 fully saturated rings. The van der Waals surface area contributed by atoms with Crippen LogP contribution in [0.25, 0.3) is 0 Å². The third-order valence-electron chi connectivity index (χ3n) is 2.56. The maximum atomic E-state index is 5.63. The summed E-state index contributed by atoms with van der Waals surface area (Å²) < 4.78 is 10.6. The molecule has 3 nitrogen and oxygen atoms in total. The topological polar surface area (TPSA) is 30.8 Å². The number of para-hydroxylation sites is 2. The van der Waals surface area contributed by atoms with E-state index in [2.05, 4.69) is 4.99 Å². The number of nitrogens with zero attached hydrogens (tertiary/aromatic N) is 1. The van der Waals surface area contributed by atoms with Gasteiger partial charge in [-0.25, -0.2) is 0 Å². The summed E-state index contributed by atoms with van der Waals surface area (Å²) in [5.74, 6) is 0.770. The lowest BCUT2D eigenvalue weighted by atomic mass is 10.2. The van der Waals surface area contributed by atoms with E-state index in [0.717, 1.165) is 17.0 Å². The molecule has 0 aliphatic carbocycles. The second-order valence-corrected chi connectivity index (χ2v) is 3.98. The van der Waals surface area contributed by atoms with Crippen LogP contribution in [0.3, 0.4) is 0 Å². The smallest absolute Gasteiger partial charge is 0.145 e. The molecule has 2 aromatic rings. The maximum absolute atomic E-state index is 5.63. The number of aliphatic imine (C=N–C) groups is 1. The number of rotatable bonds is 6. The van der Waals surface area contributed by atoms with Crippen LogP contribution < -0.4 is 4.74 Å². The normalized spacial score (nSPS) is 10.8. The molecule has 2 aromatic carbocycles. The zero-order valence-corrected chi connectivity index (χ0v) is 11.0. The highest BCUT2D eigenvalue weighted by Gasteiger charge is 2.00. The summed E-state index contributed by atoms with van der Waals surface area (Å²) in [6.45, 7) is 1.09. The van der Waals surface area contributed by atoms with Crippen molar-refractivity contribution in [3.63, 3.8) is 0 Å². The minimum absolute atomic E-state index is 0.522. The van der Waals surface area contributed by atoms with E-state index in [4.69, 9.17) is 9.47 Å². The molecule has 0 bridgehead atoms. The van der Waals surface area contributed by atoms with Crippen LogP contribution >= 0.6 is 0 Å². The highest BCUT2D eigenvalue weighted by atomic mass is 16.5. The van der Waals surface area contributed by atoms with E-state index >= 15 is 0 Å². The fourth-order valence-electron chi connectivity index (χ4n) is 1.60. The first-order valence-corrected chi connectivity index (χ1v) is 6.20. The minimum Gasteiger partial charge on any atom is -0.489 e. The Hall–Kier alpha value is -2.13. The molecular formula is C16H17NO2. The van der Waals surface area contributed by atoms with Crippen LogP contribution in [-0.4, -0.2) is 26.5 Å². The molecule has 0 radical (unpaired) electrons. The third-order valence-corrected chi connectivity index (χ3v) is 2.56. The average molecular weight is 255 g/mol. The van der Waals surface area contributed by atoms with Crippen LogP contribution in [0.1, 0.15) is 5.56 Å². The molecule has 0 aliphatic heterocycles. The fourth-order valence-corrected chi connectivity index (χ4v) is 1.60. The molecule has 0 saturated carbocycles. The van der Waals surface area contributed by atoms with Crippen LogP contribution in [0.5, 0.6) is 5.75 Å². The molecule has 0 unspecified atom stereocenters. The molecule has 0 aromatic heterocycles. The summed E-state index contributed by atoms with van der Waals surface area (Å²) in [5.41, 5.74) is 1.89. The molecule has 3 heteroatoms. The van der Waals surface area contributed by atoms with E-state index < -0.39 is 0 Å². The zero-order valence-electron chi connectivity index (χ0n) is 11.0. The van der Waals surface area contributed by atoms with Gasteiger partial charge in [0.05, 0.1) is 6.61 Å². The summed E-state index contributed by atoms with van der Waals surface area (Å²) in [5, 5.41) is 0. The van der Waals surface area contributed by atoms with Gasteiger partial charge in [0.25, 0.3) is 0 Å². The van der Waals surface area contributed by atoms with E-state index in [1.165, 1.54) is 0 Å². The van der Waals surface area contributed by atoms with Crippen molar-refractivity contribution in [2.45, 2.75) is 0 Å². The average Bonchev–Trinajstić information content (AvgIpc) is 2.48. The Morgan fingerprint density at radius 2 is 1.68 bits per heavy atom. The van der Waals surface area contributed by atoms with Gasteiger partial charge in [-0.3, -0.25) is 4.99 Å². The number of benzene rings is 2. The van der Waals surface area contributed by atoms with Gasteiger partial charge in [0.2, 0.25) is 0 Å². The second kappa shape index (κ2) is 7.34. The van der Waals surface area contributed by atoms with Crippen molar-refractivity contribution in [2.75, 3.05) is 20.3 Å². The van der Waals surface area contributed by atoms with Gasteiger partial charge in [-0.2, -0.15) is 0 Å². The van der Waals surface area contributed by atoms with Gasteiger partial charge < -0.3 is 9.47 Å². The molecule has 0 aliphatic rings. The van der Waals surface area contributed by atoms with Crippen LogP contribution in [-0.2, 0) is 4.74 Å². The van der Waals surface area contributed by atoms with Gasteiger partial charge in [-0.1, -0.05) is 42.5 Å². The lowest BCUT2D eigenvalue weighted by Gasteiger charge is -2.07. The largest absolute Gasteiger partial charge is 0.489 e. The summed E-state index contributed by atoms with van der Waals surface area (Å²) >= 11 is 0. The Bertz CT molecular complexity index is 523. The standard InChI is InChI=1S/C16H17NO2/c1-18-11-12-19-16-10-6-5-9-15(16)17-13-14-7-3-2-4-8-14/h2-10,13H,11-12H2,1H3. The molecule has 0 atom stereocenters. The monoisotopic (exact) mass is 255 g/mol. The summed E-state index contributed by atoms with van der Waals surface area (Å²) in [6, 6.07) is 17.7. The third kappa shape index (κ3) is 4.23. The Morgan fingerprint density at radius 3 is 2.47 bits per heavy atom. The van der Waals surface area contributed by atoms with Crippen molar-refractivity contribution >= 4 is 11.9 Å². The predicted octanol–water partition coefficient (Wildman–Crippen LogP) is 3.46. The van der Waals surface area contributed by atoms with Crippen molar-refractivity contribution in [1.29, 1.82) is 0 Å². The van der Waals surface area contributed by atoms with Gasteiger partial charge in [-0.15, -0.1) is 0 Å². The van der Waals surface area contributed by atoms with Gasteiger partial charge in [0, 0.05) is 13.3 Å². The highest BCUT2D eigenvalue weighted by Crippen LogP contribution is 2.26. The zero-order chi connectivity index (χ0) is 13.3. The fraction of sp³-hybridized carbons (Fsp3) is 0.188. The molecule has 0 amide bonds. The van der Waals surface area contributed by atoms with E-state index in [0.29, 0.717) is 13.2 Å². The number of hydrogen-bond donors (Lipinski definition) is 0. The highest BCUT2D eigenvalue weighted by molar-refractivity contribution is 5.82. The Balaban J connectivity index is 2.09. The molecule has 0 N–H and O–H groups in total. The quantitative estimate of drug-likeness (QED) is 0.584. The Labute approximate surface area is 113 Å². The lowest BCUT2D eigenvalue weighted by Crippen LogP contribution is -2.04. The van der Waals surface area contributed by atoms with Gasteiger partial charge in [-0.05, 0) is 17.7 Å². The summed E-state index contributed by atoms with van der Waals surface area (Å²) in [6.07, 6.45) is 1.83. The molecular weight excluding hydrogens is 238 g/mol. The van der Waals surface area contributed by atoms with E-state index in [9.17, 15) is 0 Å². The Morgan fingerprint density at radius 1 is 0.947 bits per heavy atom. The molecule has 0 spiro atoms. The van der Waals surface area contributed by atoms with Crippen LogP contribution in [0.4, 0.5) is 5.69 Å². The van der Waals surface area contributed by atoms with Crippen LogP contribution in [0.15, 0.2) is 59.6 Å². The first kappa shape index (κ1) is 13.3. The van der Waals surface area contributed by atoms with Gasteiger partial charge >= 0.3 is 0 Å². The predicted molar refractivity (Wildman–Crippen MR) is 77.5 cm³/mol. The first-order chi connectivity index (χ1) is 9.40. The lowest BCUT2D eigenvalue weighted by molar-refractivity contribution is 0.146. The van der Waals surface area contributed by atoms with E-state index in [1.54, 1.807) is 7.11 Å². The molecule has 19 heavy (non-hydrogen) atoms. The van der Waals surface area contributed by atoms with Crippen LogP contribution in [0.2, 0.25) is 0 Å².